The fraction of sp³-hybridized carbons (Fsp3) is 0.409. The van der Waals surface area contributed by atoms with Gasteiger partial charge in [-0.25, -0.2) is 13.2 Å². The van der Waals surface area contributed by atoms with Gasteiger partial charge in [0.25, 0.3) is 0 Å². The Bertz CT molecular complexity index is 1020. The van der Waals surface area contributed by atoms with Crippen molar-refractivity contribution in [2.75, 3.05) is 13.1 Å². The lowest BCUT2D eigenvalue weighted by atomic mass is 10.0. The number of nitrogens with one attached hydrogen (secondary N) is 1. The molecule has 1 saturated carbocycles. The number of fused-ring (bicyclic) bond motifs is 1. The summed E-state index contributed by atoms with van der Waals surface area (Å²) in [5.74, 6) is 0.196. The molecule has 1 unspecified atom stereocenters. The van der Waals surface area contributed by atoms with Crippen LogP contribution in [-0.2, 0) is 21.4 Å². The number of ether oxygens (including phenoxy) is 2. The molecule has 1 saturated heterocycles. The quantitative estimate of drug-likeness (QED) is 0.674. The SMILES string of the molecule is O=C(NC1C[C@@H]2CN(S(=O)(=O)c3ccc(OC(F)F)cc3)C[C@@H]2C1)OCc1ccccc1. The average Bonchev–Trinajstić information content (AvgIpc) is 3.32. The number of rotatable bonds is 7. The van der Waals surface area contributed by atoms with E-state index in [1.165, 1.54) is 28.6 Å². The van der Waals surface area contributed by atoms with Crippen LogP contribution in [-0.4, -0.2) is 44.6 Å². The van der Waals surface area contributed by atoms with Crippen molar-refractivity contribution in [1.29, 1.82) is 0 Å². The molecule has 4 rings (SSSR count). The van der Waals surface area contributed by atoms with Gasteiger partial charge in [0, 0.05) is 19.1 Å². The number of carbonyl (C=O) groups excluding carboxylic acids is 1. The Morgan fingerprint density at radius 1 is 1.03 bits per heavy atom. The Morgan fingerprint density at radius 2 is 1.66 bits per heavy atom. The predicted octanol–water partition coefficient (Wildman–Crippen LogP) is 3.61. The Balaban J connectivity index is 1.28. The lowest BCUT2D eigenvalue weighted by molar-refractivity contribution is -0.0498. The molecule has 1 heterocycles. The Kier molecular flexibility index (Phi) is 6.61. The molecule has 0 aromatic heterocycles. The summed E-state index contributed by atoms with van der Waals surface area (Å²) in [4.78, 5) is 12.1. The number of benzene rings is 2. The third-order valence-corrected chi connectivity index (χ3v) is 7.78. The van der Waals surface area contributed by atoms with E-state index in [9.17, 15) is 22.0 Å². The van der Waals surface area contributed by atoms with Gasteiger partial charge in [-0.1, -0.05) is 30.3 Å². The number of halogens is 2. The summed E-state index contributed by atoms with van der Waals surface area (Å²) in [7, 11) is -3.73. The van der Waals surface area contributed by atoms with E-state index in [2.05, 4.69) is 10.1 Å². The lowest BCUT2D eigenvalue weighted by Crippen LogP contribution is -2.36. The summed E-state index contributed by atoms with van der Waals surface area (Å²) in [6.07, 6.45) is 0.880. The Morgan fingerprint density at radius 3 is 2.25 bits per heavy atom. The zero-order chi connectivity index (χ0) is 22.7. The van der Waals surface area contributed by atoms with Crippen molar-refractivity contribution in [2.24, 2.45) is 11.8 Å². The zero-order valence-electron chi connectivity index (χ0n) is 17.2. The molecule has 2 fully saturated rings. The fourth-order valence-electron chi connectivity index (χ4n) is 4.44. The van der Waals surface area contributed by atoms with Gasteiger partial charge in [-0.15, -0.1) is 0 Å². The maximum atomic E-state index is 12.9. The van der Waals surface area contributed by atoms with Crippen molar-refractivity contribution in [3.8, 4) is 5.75 Å². The van der Waals surface area contributed by atoms with Gasteiger partial charge in [0.05, 0.1) is 4.90 Å². The molecule has 7 nitrogen and oxygen atoms in total. The third kappa shape index (κ3) is 5.18. The Hall–Kier alpha value is -2.72. The Labute approximate surface area is 185 Å². The van der Waals surface area contributed by atoms with Crippen molar-refractivity contribution >= 4 is 16.1 Å². The minimum atomic E-state index is -3.73. The summed E-state index contributed by atoms with van der Waals surface area (Å²) < 4.78 is 61.4. The number of amides is 1. The van der Waals surface area contributed by atoms with Crippen molar-refractivity contribution in [3.63, 3.8) is 0 Å². The van der Waals surface area contributed by atoms with Gasteiger partial charge >= 0.3 is 12.7 Å². The maximum Gasteiger partial charge on any atom is 0.407 e. The number of sulfonamides is 1. The van der Waals surface area contributed by atoms with Crippen molar-refractivity contribution in [2.45, 2.75) is 37.0 Å². The first-order valence-corrected chi connectivity index (χ1v) is 11.8. The summed E-state index contributed by atoms with van der Waals surface area (Å²) in [5.41, 5.74) is 0.903. The molecule has 3 atom stereocenters. The molecule has 0 radical (unpaired) electrons. The molecule has 0 bridgehead atoms. The van der Waals surface area contributed by atoms with E-state index in [0.717, 1.165) is 5.56 Å². The van der Waals surface area contributed by atoms with Crippen LogP contribution >= 0.6 is 0 Å². The first kappa shape index (κ1) is 22.5. The topological polar surface area (TPSA) is 84.9 Å². The summed E-state index contributed by atoms with van der Waals surface area (Å²) in [6, 6.07) is 14.3. The van der Waals surface area contributed by atoms with E-state index in [1.807, 2.05) is 30.3 Å². The average molecular weight is 467 g/mol. The van der Waals surface area contributed by atoms with Gasteiger partial charge in [0.2, 0.25) is 10.0 Å². The molecule has 1 aliphatic carbocycles. The highest BCUT2D eigenvalue weighted by Gasteiger charge is 2.45. The van der Waals surface area contributed by atoms with Gasteiger partial charge in [0.1, 0.15) is 12.4 Å². The maximum absolute atomic E-state index is 12.9. The van der Waals surface area contributed by atoms with Crippen LogP contribution < -0.4 is 10.1 Å². The molecule has 2 aliphatic rings. The number of alkyl carbamates (subject to hydrolysis) is 1. The molecule has 2 aromatic rings. The number of hydrogen-bond donors (Lipinski definition) is 1. The van der Waals surface area contributed by atoms with Gasteiger partial charge in [-0.3, -0.25) is 0 Å². The van der Waals surface area contributed by atoms with Gasteiger partial charge in [-0.2, -0.15) is 13.1 Å². The predicted molar refractivity (Wildman–Crippen MR) is 112 cm³/mol. The standard InChI is InChI=1S/C22H24F2N2O5S/c23-21(24)31-19-6-8-20(9-7-19)32(28,29)26-12-16-10-18(11-17(16)13-26)25-22(27)30-14-15-4-2-1-3-5-15/h1-9,16-18,21H,10-14H2,(H,25,27)/t16-,17+,18?. The van der Waals surface area contributed by atoms with E-state index in [1.54, 1.807) is 0 Å². The lowest BCUT2D eigenvalue weighted by Gasteiger charge is -2.20. The molecule has 172 valence electrons. The van der Waals surface area contributed by atoms with Crippen molar-refractivity contribution in [3.05, 3.63) is 60.2 Å². The van der Waals surface area contributed by atoms with Crippen LogP contribution in [0.15, 0.2) is 59.5 Å². The highest BCUT2D eigenvalue weighted by Crippen LogP contribution is 2.40. The first-order valence-electron chi connectivity index (χ1n) is 10.3. The van der Waals surface area contributed by atoms with E-state index in [0.29, 0.717) is 25.9 Å². The molecular formula is C22H24F2N2O5S. The number of hydrogen-bond acceptors (Lipinski definition) is 5. The van der Waals surface area contributed by atoms with Crippen molar-refractivity contribution < 1.29 is 31.5 Å². The van der Waals surface area contributed by atoms with E-state index in [4.69, 9.17) is 4.74 Å². The van der Waals surface area contributed by atoms with Crippen LogP contribution in [0.5, 0.6) is 5.75 Å². The second-order valence-corrected chi connectivity index (χ2v) is 10.0. The van der Waals surface area contributed by atoms with E-state index >= 15 is 0 Å². The minimum absolute atomic E-state index is 0.0401. The molecular weight excluding hydrogens is 442 g/mol. The van der Waals surface area contributed by atoms with Crippen LogP contribution in [0.25, 0.3) is 0 Å². The van der Waals surface area contributed by atoms with Crippen molar-refractivity contribution in [1.82, 2.24) is 9.62 Å². The molecule has 10 heteroatoms. The molecule has 32 heavy (non-hydrogen) atoms. The molecule has 1 aliphatic heterocycles. The second-order valence-electron chi connectivity index (χ2n) is 8.07. The summed E-state index contributed by atoms with van der Waals surface area (Å²) in [6.45, 7) is -2.05. The van der Waals surface area contributed by atoms with Gasteiger partial charge in [-0.05, 0) is 54.5 Å². The largest absolute Gasteiger partial charge is 0.445 e. The highest BCUT2D eigenvalue weighted by molar-refractivity contribution is 7.89. The van der Waals surface area contributed by atoms with Crippen LogP contribution in [0.2, 0.25) is 0 Å². The molecule has 0 spiro atoms. The van der Waals surface area contributed by atoms with Gasteiger partial charge < -0.3 is 14.8 Å². The first-order chi connectivity index (χ1) is 15.3. The van der Waals surface area contributed by atoms with Crippen LogP contribution in [0.4, 0.5) is 13.6 Å². The smallest absolute Gasteiger partial charge is 0.407 e. The minimum Gasteiger partial charge on any atom is -0.445 e. The monoisotopic (exact) mass is 466 g/mol. The fourth-order valence-corrected chi connectivity index (χ4v) is 6.00. The number of alkyl halides is 2. The van der Waals surface area contributed by atoms with E-state index in [-0.39, 0.29) is 35.1 Å². The molecule has 1 amide bonds. The number of carbonyl (C=O) groups is 1. The van der Waals surface area contributed by atoms with Crippen LogP contribution in [0, 0.1) is 11.8 Å². The third-order valence-electron chi connectivity index (χ3n) is 5.94. The molecule has 2 aromatic carbocycles. The molecule has 1 N–H and O–H groups in total. The second kappa shape index (κ2) is 9.41. The van der Waals surface area contributed by atoms with Crippen LogP contribution in [0.3, 0.4) is 0 Å². The van der Waals surface area contributed by atoms with Gasteiger partial charge in [0.15, 0.2) is 0 Å². The summed E-state index contributed by atoms with van der Waals surface area (Å²) >= 11 is 0. The normalized spacial score (nSPS) is 23.2. The van der Waals surface area contributed by atoms with E-state index < -0.39 is 22.7 Å². The zero-order valence-corrected chi connectivity index (χ0v) is 18.0. The number of nitrogens with zero attached hydrogens (tertiary/aromatic N) is 1. The van der Waals surface area contributed by atoms with Crippen LogP contribution in [0.1, 0.15) is 18.4 Å². The highest BCUT2D eigenvalue weighted by atomic mass is 32.2. The summed E-state index contributed by atoms with van der Waals surface area (Å²) in [5, 5.41) is 2.88.